The van der Waals surface area contributed by atoms with Crippen molar-refractivity contribution in [3.8, 4) is 0 Å². The first-order valence-electron chi connectivity index (χ1n) is 9.73. The first-order valence-corrected chi connectivity index (χ1v) is 10.1. The van der Waals surface area contributed by atoms with E-state index in [1.807, 2.05) is 37.3 Å². The predicted molar refractivity (Wildman–Crippen MR) is 127 cm³/mol. The predicted octanol–water partition coefficient (Wildman–Crippen LogP) is 4.39. The molecule has 32 heavy (non-hydrogen) atoms. The van der Waals surface area contributed by atoms with E-state index < -0.39 is 10.8 Å². The van der Waals surface area contributed by atoms with E-state index in [4.69, 9.17) is 12.2 Å². The van der Waals surface area contributed by atoms with E-state index in [2.05, 4.69) is 10.6 Å². The van der Waals surface area contributed by atoms with E-state index in [0.29, 0.717) is 17.8 Å². The van der Waals surface area contributed by atoms with Crippen LogP contribution in [0.3, 0.4) is 0 Å². The van der Waals surface area contributed by atoms with Gasteiger partial charge in [0.1, 0.15) is 0 Å². The number of nitrogens with one attached hydrogen (secondary N) is 2. The number of anilines is 2. The van der Waals surface area contributed by atoms with Crippen LogP contribution in [-0.4, -0.2) is 28.4 Å². The Labute approximate surface area is 190 Å². The van der Waals surface area contributed by atoms with Gasteiger partial charge in [0, 0.05) is 41.2 Å². The minimum Gasteiger partial charge on any atom is -0.332 e. The molecule has 9 heteroatoms. The van der Waals surface area contributed by atoms with E-state index in [0.717, 1.165) is 5.69 Å². The third-order valence-electron chi connectivity index (χ3n) is 4.56. The molecular weight excluding hydrogens is 428 g/mol. The standard InChI is InChI=1S/C23H20N4O4S/c1-2-26(19-9-4-3-5-10-19)22(29)17-7-6-8-18(15-17)24-23(32)25-21(28)16-11-13-20(14-12-16)27(30)31/h3-15H,2H2,1H3,(H2,24,25,28,32). The maximum absolute atomic E-state index is 13.0. The third-order valence-corrected chi connectivity index (χ3v) is 4.77. The summed E-state index contributed by atoms with van der Waals surface area (Å²) < 4.78 is 0. The molecule has 3 aromatic carbocycles. The maximum atomic E-state index is 13.0. The molecule has 3 aromatic rings. The van der Waals surface area contributed by atoms with Crippen molar-refractivity contribution >= 4 is 46.2 Å². The lowest BCUT2D eigenvalue weighted by atomic mass is 10.1. The second-order valence-corrected chi connectivity index (χ2v) is 7.09. The summed E-state index contributed by atoms with van der Waals surface area (Å²) in [6, 6.07) is 21.3. The Bertz CT molecular complexity index is 1150. The van der Waals surface area contributed by atoms with Crippen LogP contribution in [-0.2, 0) is 0 Å². The van der Waals surface area contributed by atoms with Gasteiger partial charge >= 0.3 is 0 Å². The number of nitro benzene ring substituents is 1. The van der Waals surface area contributed by atoms with Crippen molar-refractivity contribution in [1.82, 2.24) is 5.32 Å². The molecule has 0 atom stereocenters. The number of carbonyl (C=O) groups is 2. The van der Waals surface area contributed by atoms with E-state index >= 15 is 0 Å². The Morgan fingerprint density at radius 1 is 0.969 bits per heavy atom. The molecule has 0 aliphatic carbocycles. The highest BCUT2D eigenvalue weighted by Crippen LogP contribution is 2.19. The molecule has 2 N–H and O–H groups in total. The number of hydrogen-bond acceptors (Lipinski definition) is 5. The molecule has 0 saturated heterocycles. The number of para-hydroxylation sites is 1. The van der Waals surface area contributed by atoms with Crippen LogP contribution < -0.4 is 15.5 Å². The number of nitrogens with zero attached hydrogens (tertiary/aromatic N) is 2. The van der Waals surface area contributed by atoms with Gasteiger partial charge in [0.05, 0.1) is 4.92 Å². The van der Waals surface area contributed by atoms with Gasteiger partial charge in [0.15, 0.2) is 5.11 Å². The molecule has 0 aliphatic heterocycles. The van der Waals surface area contributed by atoms with Crippen LogP contribution in [0.4, 0.5) is 17.1 Å². The Hall–Kier alpha value is -4.11. The number of benzene rings is 3. The SMILES string of the molecule is CCN(C(=O)c1cccc(NC(=S)NC(=O)c2ccc([N+](=O)[O-])cc2)c1)c1ccccc1. The minimum absolute atomic E-state index is 0.0355. The van der Waals surface area contributed by atoms with Crippen LogP contribution in [0.25, 0.3) is 0 Å². The van der Waals surface area contributed by atoms with Gasteiger partial charge in [-0.2, -0.15) is 0 Å². The van der Waals surface area contributed by atoms with Crippen molar-refractivity contribution in [2.24, 2.45) is 0 Å². The highest BCUT2D eigenvalue weighted by atomic mass is 32.1. The molecule has 2 amide bonds. The summed E-state index contributed by atoms with van der Waals surface area (Å²) in [7, 11) is 0. The van der Waals surface area contributed by atoms with Crippen molar-refractivity contribution in [2.75, 3.05) is 16.8 Å². The first-order chi connectivity index (χ1) is 15.4. The molecule has 0 radical (unpaired) electrons. The molecule has 8 nitrogen and oxygen atoms in total. The molecular formula is C23H20N4O4S. The highest BCUT2D eigenvalue weighted by molar-refractivity contribution is 7.80. The van der Waals surface area contributed by atoms with Crippen LogP contribution in [0.1, 0.15) is 27.6 Å². The van der Waals surface area contributed by atoms with Gasteiger partial charge in [-0.05, 0) is 61.6 Å². The smallest absolute Gasteiger partial charge is 0.269 e. The fourth-order valence-corrected chi connectivity index (χ4v) is 3.22. The molecule has 0 aromatic heterocycles. The van der Waals surface area contributed by atoms with Crippen LogP contribution in [0.5, 0.6) is 0 Å². The summed E-state index contributed by atoms with van der Waals surface area (Å²) in [6.45, 7) is 2.40. The lowest BCUT2D eigenvalue weighted by molar-refractivity contribution is -0.384. The quantitative estimate of drug-likeness (QED) is 0.329. The number of thiocarbonyl (C=S) groups is 1. The van der Waals surface area contributed by atoms with Crippen molar-refractivity contribution in [1.29, 1.82) is 0 Å². The molecule has 162 valence electrons. The molecule has 0 bridgehead atoms. The first kappa shape index (κ1) is 22.6. The van der Waals surface area contributed by atoms with Gasteiger partial charge in [-0.3, -0.25) is 25.0 Å². The van der Waals surface area contributed by atoms with Crippen molar-refractivity contribution in [2.45, 2.75) is 6.92 Å². The zero-order chi connectivity index (χ0) is 23.1. The lowest BCUT2D eigenvalue weighted by Gasteiger charge is -2.21. The number of rotatable bonds is 6. The van der Waals surface area contributed by atoms with Crippen LogP contribution in [0.2, 0.25) is 0 Å². The number of carbonyl (C=O) groups excluding carboxylic acids is 2. The van der Waals surface area contributed by atoms with Crippen molar-refractivity contribution < 1.29 is 14.5 Å². The minimum atomic E-state index is -0.542. The van der Waals surface area contributed by atoms with E-state index in [-0.39, 0.29) is 22.3 Å². The zero-order valence-electron chi connectivity index (χ0n) is 17.1. The van der Waals surface area contributed by atoms with E-state index in [1.54, 1.807) is 29.2 Å². The Morgan fingerprint density at radius 2 is 1.66 bits per heavy atom. The lowest BCUT2D eigenvalue weighted by Crippen LogP contribution is -2.34. The fraction of sp³-hybridized carbons (Fsp3) is 0.0870. The van der Waals surface area contributed by atoms with E-state index in [9.17, 15) is 19.7 Å². The Morgan fingerprint density at radius 3 is 2.28 bits per heavy atom. The van der Waals surface area contributed by atoms with Crippen LogP contribution >= 0.6 is 12.2 Å². The van der Waals surface area contributed by atoms with Gasteiger partial charge in [-0.25, -0.2) is 0 Å². The van der Waals surface area contributed by atoms with Crippen LogP contribution in [0.15, 0.2) is 78.9 Å². The highest BCUT2D eigenvalue weighted by Gasteiger charge is 2.17. The summed E-state index contributed by atoms with van der Waals surface area (Å²) in [5.41, 5.74) is 1.91. The van der Waals surface area contributed by atoms with Crippen molar-refractivity contribution in [3.05, 3.63) is 100 Å². The summed E-state index contributed by atoms with van der Waals surface area (Å²) >= 11 is 5.19. The topological polar surface area (TPSA) is 105 Å². The molecule has 0 saturated carbocycles. The average molecular weight is 449 g/mol. The number of non-ortho nitro benzene ring substituents is 1. The second kappa shape index (κ2) is 10.3. The number of nitro groups is 1. The Balaban J connectivity index is 1.67. The summed E-state index contributed by atoms with van der Waals surface area (Å²) in [4.78, 5) is 37.2. The maximum Gasteiger partial charge on any atom is 0.269 e. The van der Waals surface area contributed by atoms with E-state index in [1.165, 1.54) is 24.3 Å². The van der Waals surface area contributed by atoms with Crippen LogP contribution in [0, 0.1) is 10.1 Å². The van der Waals surface area contributed by atoms with Crippen molar-refractivity contribution in [3.63, 3.8) is 0 Å². The molecule has 0 spiro atoms. The molecule has 0 unspecified atom stereocenters. The number of hydrogen-bond donors (Lipinski definition) is 2. The normalized spacial score (nSPS) is 10.2. The van der Waals surface area contributed by atoms with Gasteiger partial charge in [0.2, 0.25) is 0 Å². The fourth-order valence-electron chi connectivity index (χ4n) is 3.01. The third kappa shape index (κ3) is 5.52. The summed E-state index contributed by atoms with van der Waals surface area (Å²) in [5.74, 6) is -0.672. The monoisotopic (exact) mass is 448 g/mol. The summed E-state index contributed by atoms with van der Waals surface area (Å²) in [6.07, 6.45) is 0. The molecule has 0 fully saturated rings. The van der Waals surface area contributed by atoms with Gasteiger partial charge in [0.25, 0.3) is 17.5 Å². The summed E-state index contributed by atoms with van der Waals surface area (Å²) in [5, 5.41) is 16.2. The number of amides is 2. The second-order valence-electron chi connectivity index (χ2n) is 6.68. The molecule has 0 heterocycles. The van der Waals surface area contributed by atoms with Gasteiger partial charge < -0.3 is 10.2 Å². The molecule has 3 rings (SSSR count). The van der Waals surface area contributed by atoms with Gasteiger partial charge in [-0.15, -0.1) is 0 Å². The molecule has 0 aliphatic rings. The Kier molecular flexibility index (Phi) is 7.25. The zero-order valence-corrected chi connectivity index (χ0v) is 18.0. The largest absolute Gasteiger partial charge is 0.332 e. The van der Waals surface area contributed by atoms with Gasteiger partial charge in [-0.1, -0.05) is 24.3 Å². The average Bonchev–Trinajstić information content (AvgIpc) is 2.80.